The van der Waals surface area contributed by atoms with E-state index in [-0.39, 0.29) is 67.2 Å². The van der Waals surface area contributed by atoms with Crippen LogP contribution in [0.3, 0.4) is 0 Å². The van der Waals surface area contributed by atoms with Gasteiger partial charge in [-0.2, -0.15) is 13.2 Å². The van der Waals surface area contributed by atoms with Gasteiger partial charge in [-0.25, -0.2) is 4.39 Å². The fourth-order valence-corrected chi connectivity index (χ4v) is 9.52. The first-order valence-electron chi connectivity index (χ1n) is 24.2. The number of aromatic nitrogens is 3. The number of aliphatic carboxylic acids is 1. The maximum Gasteiger partial charge on any atom is 0.419 e. The van der Waals surface area contributed by atoms with Crippen molar-refractivity contribution in [3.8, 4) is 0 Å². The molecule has 2 amide bonds. The Morgan fingerprint density at radius 1 is 0.693 bits per heavy atom. The summed E-state index contributed by atoms with van der Waals surface area (Å²) in [4.78, 5) is 93.7. The minimum atomic E-state index is -4.84. The van der Waals surface area contributed by atoms with Gasteiger partial charge in [-0.05, 0) is 141 Å². The highest BCUT2D eigenvalue weighted by molar-refractivity contribution is 6.36. The maximum absolute atomic E-state index is 13.6. The number of halogens is 4. The number of amides is 2. The third-order valence-corrected chi connectivity index (χ3v) is 13.0. The van der Waals surface area contributed by atoms with E-state index in [0.29, 0.717) is 110 Å². The zero-order valence-electron chi connectivity index (χ0n) is 40.3. The number of pyridine rings is 1. The van der Waals surface area contributed by atoms with Crippen LogP contribution in [0, 0.1) is 5.82 Å². The number of carbonyl (C=O) groups excluding carboxylic acids is 5. The monoisotopic (exact) mass is 1020 g/mol. The van der Waals surface area contributed by atoms with Crippen LogP contribution in [-0.4, -0.2) is 74.4 Å². The number of carbonyl (C=O) groups is 6. The third kappa shape index (κ3) is 11.4. The van der Waals surface area contributed by atoms with E-state index in [2.05, 4.69) is 35.6 Å². The average molecular weight is 1020 g/mol. The number of carboxylic acids is 1. The van der Waals surface area contributed by atoms with E-state index in [0.717, 1.165) is 35.9 Å². The predicted molar refractivity (Wildman–Crippen MR) is 273 cm³/mol. The first-order valence-corrected chi connectivity index (χ1v) is 24.2. The number of aromatic amines is 2. The Balaban J connectivity index is 0.000000187. The quantitative estimate of drug-likeness (QED) is 0.0321. The molecule has 10 rings (SSSR count). The highest BCUT2D eigenvalue weighted by atomic mass is 19.4. The van der Waals surface area contributed by atoms with E-state index in [4.69, 9.17) is 4.74 Å². The van der Waals surface area contributed by atoms with Gasteiger partial charge in [0.15, 0.2) is 11.6 Å². The number of carboxylic acid groups (broad SMARTS) is 1. The lowest BCUT2D eigenvalue weighted by Gasteiger charge is -2.11. The first-order chi connectivity index (χ1) is 36.0. The molecule has 0 atom stereocenters. The molecule has 0 saturated carbocycles. The smallest absolute Gasteiger partial charge is 0.419 e. The Morgan fingerprint density at radius 3 is 1.72 bits per heavy atom. The Kier molecular flexibility index (Phi) is 14.8. The number of anilines is 2. The van der Waals surface area contributed by atoms with Crippen molar-refractivity contribution < 1.29 is 56.2 Å². The fourth-order valence-electron chi connectivity index (χ4n) is 9.52. The molecule has 2 aliphatic carbocycles. The molecule has 15 nitrogen and oxygen atoms in total. The second-order valence-electron chi connectivity index (χ2n) is 18.0. The van der Waals surface area contributed by atoms with Gasteiger partial charge in [0.05, 0.1) is 34.7 Å². The average Bonchev–Trinajstić information content (AvgIpc) is 4.12. The summed E-state index contributed by atoms with van der Waals surface area (Å²) in [6, 6.07) is 16.6. The molecule has 0 fully saturated rings. The number of hydrogen-bond donors (Lipinski definition) is 5. The number of benzene rings is 3. The van der Waals surface area contributed by atoms with E-state index < -0.39 is 23.5 Å². The lowest BCUT2D eigenvalue weighted by molar-refractivity contribution is -0.143. The largest absolute Gasteiger partial charge is 0.481 e. The lowest BCUT2D eigenvalue weighted by atomic mass is 9.91. The van der Waals surface area contributed by atoms with Crippen LogP contribution in [0.25, 0.3) is 23.3 Å². The number of Topliss-reactive ketones (excluding diaryl/α,β-unsaturated/α-hetero) is 2. The van der Waals surface area contributed by atoms with E-state index in [1.807, 2.05) is 30.3 Å². The van der Waals surface area contributed by atoms with Crippen LogP contribution in [0.2, 0.25) is 0 Å². The van der Waals surface area contributed by atoms with Gasteiger partial charge in [-0.1, -0.05) is 6.07 Å². The van der Waals surface area contributed by atoms with Crippen LogP contribution in [-0.2, 0) is 55.8 Å². The molecular weight excluding hydrogens is 975 g/mol. The summed E-state index contributed by atoms with van der Waals surface area (Å²) in [5.74, 6) is -3.34. The number of ketones is 2. The van der Waals surface area contributed by atoms with Gasteiger partial charge in [0.2, 0.25) is 0 Å². The van der Waals surface area contributed by atoms with Crippen molar-refractivity contribution in [3.05, 3.63) is 158 Å². The molecule has 75 heavy (non-hydrogen) atoms. The van der Waals surface area contributed by atoms with Crippen LogP contribution >= 0.6 is 0 Å². The molecule has 4 aliphatic rings. The summed E-state index contributed by atoms with van der Waals surface area (Å²) in [5.41, 5.74) is 8.97. The highest BCUT2D eigenvalue weighted by Crippen LogP contribution is 2.40. The molecule has 0 unspecified atom stereocenters. The SMILES string of the molecule is CCOC(=O)CCc1c(/C=C2\C(=O)Nc3ccc(/N=C/c4ccc(F)c(C(F)(F)F)c4)cc32)[nH]c2c1C(=O)CCC2.O=C(O)CCc1c(/C=C2\C(=O)Nc3ccc(/N=C/c4ccncc4)cc32)[nH]c2c1C(=O)CCC2. The van der Waals surface area contributed by atoms with Crippen LogP contribution in [0.1, 0.15) is 128 Å². The van der Waals surface area contributed by atoms with Gasteiger partial charge in [0.25, 0.3) is 11.8 Å². The minimum Gasteiger partial charge on any atom is -0.481 e. The molecule has 0 bridgehead atoms. The molecule has 3 aromatic carbocycles. The summed E-state index contributed by atoms with van der Waals surface area (Å²) in [6.45, 7) is 1.95. The topological polar surface area (TPSA) is 225 Å². The molecule has 3 aromatic heterocycles. The number of fused-ring (bicyclic) bond motifs is 4. The van der Waals surface area contributed by atoms with Crippen LogP contribution in [0.15, 0.2) is 89.1 Å². The number of hydrogen-bond acceptors (Lipinski definition) is 10. The van der Waals surface area contributed by atoms with Gasteiger partial charge in [0, 0.05) is 107 Å². The molecule has 6 aromatic rings. The molecule has 382 valence electrons. The van der Waals surface area contributed by atoms with E-state index in [1.165, 1.54) is 12.3 Å². The molecule has 19 heteroatoms. The van der Waals surface area contributed by atoms with Crippen molar-refractivity contribution in [1.29, 1.82) is 0 Å². The molecule has 0 radical (unpaired) electrons. The fraction of sp³-hybridized carbons (Fsp3) is 0.232. The third-order valence-electron chi connectivity index (χ3n) is 13.0. The summed E-state index contributed by atoms with van der Waals surface area (Å²) >= 11 is 0. The maximum atomic E-state index is 13.6. The van der Waals surface area contributed by atoms with Crippen molar-refractivity contribution in [3.63, 3.8) is 0 Å². The van der Waals surface area contributed by atoms with Crippen molar-refractivity contribution in [2.45, 2.75) is 77.3 Å². The van der Waals surface area contributed by atoms with Gasteiger partial charge in [-0.15, -0.1) is 0 Å². The van der Waals surface area contributed by atoms with E-state index in [9.17, 15) is 51.4 Å². The number of nitrogens with one attached hydrogen (secondary N) is 4. The summed E-state index contributed by atoms with van der Waals surface area (Å²) < 4.78 is 57.9. The number of H-pyrrole nitrogens is 2. The highest BCUT2D eigenvalue weighted by Gasteiger charge is 2.35. The molecule has 0 saturated heterocycles. The number of aryl methyl sites for hydroxylation is 2. The Labute approximate surface area is 426 Å². The Bertz CT molecular complexity index is 3440. The normalized spacial score (nSPS) is 15.9. The van der Waals surface area contributed by atoms with Crippen LogP contribution in [0.4, 0.5) is 40.3 Å². The van der Waals surface area contributed by atoms with E-state index >= 15 is 0 Å². The van der Waals surface area contributed by atoms with E-state index in [1.54, 1.807) is 55.9 Å². The molecule has 5 heterocycles. The lowest BCUT2D eigenvalue weighted by Crippen LogP contribution is -2.12. The molecule has 2 aliphatic heterocycles. The summed E-state index contributed by atoms with van der Waals surface area (Å²) in [5, 5.41) is 14.8. The molecule has 0 spiro atoms. The summed E-state index contributed by atoms with van der Waals surface area (Å²) in [7, 11) is 0. The molecule has 5 N–H and O–H groups in total. The zero-order chi connectivity index (χ0) is 53.0. The molecular formula is C56H47F4N7O8. The minimum absolute atomic E-state index is 0.0200. The Morgan fingerprint density at radius 2 is 1.21 bits per heavy atom. The second-order valence-corrected chi connectivity index (χ2v) is 18.0. The van der Waals surface area contributed by atoms with Crippen molar-refractivity contribution in [2.24, 2.45) is 9.98 Å². The predicted octanol–water partition coefficient (Wildman–Crippen LogP) is 10.6. The number of aliphatic imine (C=N–C) groups is 2. The van der Waals surface area contributed by atoms with Gasteiger partial charge < -0.3 is 30.4 Å². The Hall–Kier alpha value is -8.87. The second kappa shape index (κ2) is 21.7. The number of alkyl halides is 3. The van der Waals surface area contributed by atoms with Gasteiger partial charge >= 0.3 is 18.1 Å². The van der Waals surface area contributed by atoms with Crippen molar-refractivity contribution in [1.82, 2.24) is 15.0 Å². The number of nitrogens with zero attached hydrogens (tertiary/aromatic N) is 3. The van der Waals surface area contributed by atoms with Crippen LogP contribution in [0.5, 0.6) is 0 Å². The zero-order valence-corrected chi connectivity index (χ0v) is 40.3. The van der Waals surface area contributed by atoms with Crippen molar-refractivity contribution >= 4 is 93.8 Å². The number of rotatable bonds is 13. The van der Waals surface area contributed by atoms with Gasteiger partial charge in [0.1, 0.15) is 5.82 Å². The number of ether oxygens (including phenoxy) is 1. The number of esters is 1. The standard InChI is InChI=1S/C30H25F4N3O4.C26H22N4O4/c1-2-41-27(39)11-8-18-25(36-24-4-3-5-26(38)28(18)24)14-20-19-13-17(7-10-23(19)37-29(20)40)35-15-16-6-9-22(31)21(12-16)30(32,33)34;31-23-3-1-2-21-25(23)17(5-7-24(32)33)22(29-21)13-19-18-12-16(4-6-20(18)30-26(19)34)28-14-15-8-10-27-11-9-15/h6-7,9-10,12-15,36H,2-5,8,11H2,1H3,(H,37,40);4,6,8-14,29H,1-3,5,7H2,(H,30,34)(H,32,33)/b20-14-,35-15+;19-13-,28-14+. The first kappa shape index (κ1) is 51.0. The van der Waals surface area contributed by atoms with Gasteiger partial charge in [-0.3, -0.25) is 43.7 Å². The van der Waals surface area contributed by atoms with Crippen molar-refractivity contribution in [2.75, 3.05) is 17.2 Å². The van der Waals surface area contributed by atoms with Crippen LogP contribution < -0.4 is 10.6 Å². The summed E-state index contributed by atoms with van der Waals surface area (Å²) in [6.07, 6.45) is 8.94.